The predicted octanol–water partition coefficient (Wildman–Crippen LogP) is 6.49. The molecule has 10 heteroatoms. The highest BCUT2D eigenvalue weighted by molar-refractivity contribution is 5.64. The number of likely N-dealkylation sites (tertiary alicyclic amines) is 2. The van der Waals surface area contributed by atoms with Gasteiger partial charge in [-0.05, 0) is 135 Å². The second kappa shape index (κ2) is 14.4. The lowest BCUT2D eigenvalue weighted by Crippen LogP contribution is -2.37. The predicted molar refractivity (Wildman–Crippen MR) is 193 cm³/mol. The summed E-state index contributed by atoms with van der Waals surface area (Å²) >= 11 is 0. The standard InChI is InChI=1S/C39H54N10/c1-27-30(15-21-42-37(27)35-11-7-12-36(47(35)3)39-43-22-25-48(39)28-13-19-40-20-14-28)34-26-49(29-16-23-46(2)24-17-29)38(45-34)33-10-6-9-32(44-33)31-8-4-5-18-41-31/h4-5,8,15,18,21-22,25-26,28-29,32-33,35-36,40,44H,6-7,9-14,16-17,19-20,23-24H2,1-3H3/t32-,33+,35-,36+/m0/s1. The summed E-state index contributed by atoms with van der Waals surface area (Å²) in [6, 6.07) is 10.4. The van der Waals surface area contributed by atoms with Crippen molar-refractivity contribution in [1.82, 2.24) is 49.5 Å². The van der Waals surface area contributed by atoms with Crippen molar-refractivity contribution in [3.63, 3.8) is 0 Å². The molecule has 0 radical (unpaired) electrons. The van der Waals surface area contributed by atoms with Crippen LogP contribution in [0.3, 0.4) is 0 Å². The highest BCUT2D eigenvalue weighted by atomic mass is 15.2. The molecule has 8 heterocycles. The molecule has 0 unspecified atom stereocenters. The van der Waals surface area contributed by atoms with E-state index in [0.717, 1.165) is 95.4 Å². The Morgan fingerprint density at radius 1 is 0.714 bits per heavy atom. The van der Waals surface area contributed by atoms with E-state index in [1.165, 1.54) is 34.9 Å². The SMILES string of the molecule is Cc1c(-c2cn(C3CCN(C)CC3)c([C@H]3CCC[C@@H](c4ccccn4)N3)n2)ccnc1[C@@H]1CCC[C@H](c2nccn2C2CCNCC2)N1C. The summed E-state index contributed by atoms with van der Waals surface area (Å²) in [4.78, 5) is 25.3. The number of imidazole rings is 2. The van der Waals surface area contributed by atoms with Crippen LogP contribution in [0.25, 0.3) is 11.3 Å². The molecule has 0 aliphatic carbocycles. The molecule has 260 valence electrons. The van der Waals surface area contributed by atoms with Gasteiger partial charge in [-0.3, -0.25) is 20.2 Å². The molecule has 4 aliphatic heterocycles. The maximum absolute atomic E-state index is 5.52. The van der Waals surface area contributed by atoms with E-state index in [4.69, 9.17) is 19.9 Å². The van der Waals surface area contributed by atoms with Crippen molar-refractivity contribution in [3.05, 3.63) is 83.8 Å². The molecule has 0 bridgehead atoms. The molecule has 4 aromatic heterocycles. The molecule has 0 amide bonds. The molecule has 0 aromatic carbocycles. The van der Waals surface area contributed by atoms with E-state index in [1.54, 1.807) is 0 Å². The molecule has 4 aliphatic rings. The minimum atomic E-state index is 0.199. The molecule has 8 rings (SSSR count). The largest absolute Gasteiger partial charge is 0.330 e. The van der Waals surface area contributed by atoms with E-state index in [9.17, 15) is 0 Å². The van der Waals surface area contributed by atoms with E-state index in [-0.39, 0.29) is 24.2 Å². The number of nitrogens with one attached hydrogen (secondary N) is 2. The second-order valence-corrected chi connectivity index (χ2v) is 15.1. The van der Waals surface area contributed by atoms with Gasteiger partial charge in [0.25, 0.3) is 0 Å². The van der Waals surface area contributed by atoms with Crippen LogP contribution in [0, 0.1) is 6.92 Å². The van der Waals surface area contributed by atoms with E-state index >= 15 is 0 Å². The zero-order valence-electron chi connectivity index (χ0n) is 29.6. The zero-order valence-corrected chi connectivity index (χ0v) is 29.6. The van der Waals surface area contributed by atoms with Crippen LogP contribution in [-0.2, 0) is 0 Å². The third-order valence-electron chi connectivity index (χ3n) is 12.1. The van der Waals surface area contributed by atoms with E-state index in [1.807, 2.05) is 24.7 Å². The molecule has 10 nitrogen and oxygen atoms in total. The van der Waals surface area contributed by atoms with Crippen LogP contribution in [0.2, 0.25) is 0 Å². The Balaban J connectivity index is 1.10. The average Bonchev–Trinajstić information content (AvgIpc) is 3.82. The van der Waals surface area contributed by atoms with Gasteiger partial charge in [0.2, 0.25) is 0 Å². The first-order valence-corrected chi connectivity index (χ1v) is 18.9. The fraction of sp³-hybridized carbons (Fsp3) is 0.590. The van der Waals surface area contributed by atoms with Gasteiger partial charge in [-0.25, -0.2) is 9.97 Å². The monoisotopic (exact) mass is 662 g/mol. The van der Waals surface area contributed by atoms with Crippen molar-refractivity contribution >= 4 is 0 Å². The molecule has 2 N–H and O–H groups in total. The lowest BCUT2D eigenvalue weighted by atomic mass is 9.90. The number of piperidine rings is 4. The van der Waals surface area contributed by atoms with Crippen LogP contribution in [0.4, 0.5) is 0 Å². The maximum Gasteiger partial charge on any atom is 0.126 e. The van der Waals surface area contributed by atoms with Crippen molar-refractivity contribution in [1.29, 1.82) is 0 Å². The van der Waals surface area contributed by atoms with Crippen LogP contribution >= 0.6 is 0 Å². The van der Waals surface area contributed by atoms with Crippen LogP contribution in [0.15, 0.2) is 55.2 Å². The average molecular weight is 663 g/mol. The summed E-state index contributed by atoms with van der Waals surface area (Å²) in [5, 5.41) is 7.51. The third-order valence-corrected chi connectivity index (χ3v) is 12.1. The first kappa shape index (κ1) is 32.7. The molecule has 0 saturated carbocycles. The van der Waals surface area contributed by atoms with Crippen LogP contribution < -0.4 is 10.6 Å². The minimum Gasteiger partial charge on any atom is -0.330 e. The zero-order chi connectivity index (χ0) is 33.3. The van der Waals surface area contributed by atoms with Gasteiger partial charge in [0, 0.05) is 48.6 Å². The van der Waals surface area contributed by atoms with Crippen molar-refractivity contribution in [2.45, 2.75) is 107 Å². The Morgan fingerprint density at radius 2 is 1.49 bits per heavy atom. The highest BCUT2D eigenvalue weighted by Gasteiger charge is 2.36. The molecular weight excluding hydrogens is 608 g/mol. The summed E-state index contributed by atoms with van der Waals surface area (Å²) in [5.74, 6) is 2.40. The molecule has 49 heavy (non-hydrogen) atoms. The van der Waals surface area contributed by atoms with Gasteiger partial charge < -0.3 is 19.4 Å². The fourth-order valence-corrected chi connectivity index (χ4v) is 9.23. The number of hydrogen-bond acceptors (Lipinski definition) is 8. The second-order valence-electron chi connectivity index (χ2n) is 15.1. The van der Waals surface area contributed by atoms with Gasteiger partial charge >= 0.3 is 0 Å². The number of rotatable bonds is 7. The number of aromatic nitrogens is 6. The van der Waals surface area contributed by atoms with Crippen LogP contribution in [0.1, 0.15) is 129 Å². The van der Waals surface area contributed by atoms with Crippen LogP contribution in [0.5, 0.6) is 0 Å². The molecule has 4 atom stereocenters. The Morgan fingerprint density at radius 3 is 2.31 bits per heavy atom. The smallest absolute Gasteiger partial charge is 0.126 e. The van der Waals surface area contributed by atoms with Crippen LogP contribution in [-0.4, -0.2) is 79.1 Å². The van der Waals surface area contributed by atoms with Gasteiger partial charge in [-0.1, -0.05) is 6.07 Å². The Kier molecular flexibility index (Phi) is 9.64. The molecule has 4 aromatic rings. The maximum atomic E-state index is 5.52. The van der Waals surface area contributed by atoms with Crippen molar-refractivity contribution in [2.75, 3.05) is 40.3 Å². The normalized spacial score (nSPS) is 26.7. The summed E-state index contributed by atoms with van der Waals surface area (Å²) in [6.45, 7) is 6.68. The Hall–Kier alpha value is -3.44. The lowest BCUT2D eigenvalue weighted by molar-refractivity contribution is 0.101. The van der Waals surface area contributed by atoms with Crippen molar-refractivity contribution in [2.24, 2.45) is 0 Å². The lowest BCUT2D eigenvalue weighted by Gasteiger charge is -2.40. The number of nitrogens with zero attached hydrogens (tertiary/aromatic N) is 8. The Labute approximate surface area is 291 Å². The highest BCUT2D eigenvalue weighted by Crippen LogP contribution is 2.43. The van der Waals surface area contributed by atoms with Crippen molar-refractivity contribution in [3.8, 4) is 11.3 Å². The Bertz CT molecular complexity index is 1680. The topological polar surface area (TPSA) is 92.0 Å². The fourth-order valence-electron chi connectivity index (χ4n) is 9.23. The minimum absolute atomic E-state index is 0.199. The van der Waals surface area contributed by atoms with Gasteiger partial charge in [-0.2, -0.15) is 0 Å². The number of hydrogen-bond donors (Lipinski definition) is 2. The number of pyridine rings is 2. The van der Waals surface area contributed by atoms with E-state index in [0.29, 0.717) is 12.1 Å². The van der Waals surface area contributed by atoms with E-state index < -0.39 is 0 Å². The molecule has 0 spiro atoms. The quantitative estimate of drug-likeness (QED) is 0.232. The summed E-state index contributed by atoms with van der Waals surface area (Å²) in [7, 11) is 4.54. The van der Waals surface area contributed by atoms with Gasteiger partial charge in [0.15, 0.2) is 0 Å². The van der Waals surface area contributed by atoms with Crippen molar-refractivity contribution < 1.29 is 0 Å². The van der Waals surface area contributed by atoms with Gasteiger partial charge in [0.1, 0.15) is 11.6 Å². The molecular formula is C39H54N10. The van der Waals surface area contributed by atoms with E-state index in [2.05, 4.69) is 81.2 Å². The van der Waals surface area contributed by atoms with Gasteiger partial charge in [0.05, 0.1) is 41.2 Å². The first-order valence-electron chi connectivity index (χ1n) is 18.9. The summed E-state index contributed by atoms with van der Waals surface area (Å²) in [5.41, 5.74) is 5.86. The van der Waals surface area contributed by atoms with Gasteiger partial charge in [-0.15, -0.1) is 0 Å². The third kappa shape index (κ3) is 6.60. The molecule has 4 fully saturated rings. The summed E-state index contributed by atoms with van der Waals surface area (Å²) < 4.78 is 5.03. The molecule has 4 saturated heterocycles. The summed E-state index contributed by atoms with van der Waals surface area (Å²) in [6.07, 6.45) is 21.9. The first-order chi connectivity index (χ1) is 24.0.